The lowest BCUT2D eigenvalue weighted by molar-refractivity contribution is -0.126. The van der Waals surface area contributed by atoms with Crippen molar-refractivity contribution < 1.29 is 4.79 Å². The molecule has 1 saturated heterocycles. The van der Waals surface area contributed by atoms with Gasteiger partial charge in [-0.2, -0.15) is 0 Å². The van der Waals surface area contributed by atoms with E-state index in [2.05, 4.69) is 22.5 Å². The molecule has 0 aliphatic carbocycles. The highest BCUT2D eigenvalue weighted by atomic mass is 32.1. The van der Waals surface area contributed by atoms with Crippen LogP contribution in [0, 0.1) is 12.8 Å². The Morgan fingerprint density at radius 3 is 3.06 bits per heavy atom. The molecule has 3 unspecified atom stereocenters. The molecule has 2 heterocycles. The first-order valence-corrected chi connectivity index (χ1v) is 7.34. The van der Waals surface area contributed by atoms with Crippen molar-refractivity contribution in [1.29, 1.82) is 0 Å². The molecular formula is C13H21N3OS. The molecule has 1 aromatic rings. The number of amides is 1. The lowest BCUT2D eigenvalue weighted by atomic mass is 9.92. The smallest absolute Gasteiger partial charge is 0.223 e. The Kier molecular flexibility index (Phi) is 4.35. The van der Waals surface area contributed by atoms with Gasteiger partial charge in [0, 0.05) is 23.0 Å². The van der Waals surface area contributed by atoms with Gasteiger partial charge in [0.15, 0.2) is 0 Å². The van der Waals surface area contributed by atoms with E-state index in [0.717, 1.165) is 24.4 Å². The fourth-order valence-electron chi connectivity index (χ4n) is 2.34. The van der Waals surface area contributed by atoms with Crippen LogP contribution in [0.5, 0.6) is 0 Å². The van der Waals surface area contributed by atoms with E-state index < -0.39 is 0 Å². The molecule has 0 spiro atoms. The summed E-state index contributed by atoms with van der Waals surface area (Å²) in [6, 6.07) is 0.452. The minimum Gasteiger partial charge on any atom is -0.347 e. The first-order chi connectivity index (χ1) is 8.56. The summed E-state index contributed by atoms with van der Waals surface area (Å²) in [4.78, 5) is 17.7. The SMILES string of the molecule is Cc1cnc(C(C)NC(=O)C2CCNC(C)C2)s1. The number of aryl methyl sites for hydroxylation is 1. The second-order valence-corrected chi connectivity index (χ2v) is 6.38. The van der Waals surface area contributed by atoms with Gasteiger partial charge in [0.2, 0.25) is 5.91 Å². The van der Waals surface area contributed by atoms with Crippen LogP contribution in [0.25, 0.3) is 0 Å². The van der Waals surface area contributed by atoms with Crippen molar-refractivity contribution in [2.75, 3.05) is 6.54 Å². The highest BCUT2D eigenvalue weighted by Gasteiger charge is 2.26. The minimum atomic E-state index is 0.0152. The third-order valence-electron chi connectivity index (χ3n) is 3.36. The van der Waals surface area contributed by atoms with Crippen molar-refractivity contribution in [3.63, 3.8) is 0 Å². The van der Waals surface area contributed by atoms with Gasteiger partial charge < -0.3 is 10.6 Å². The summed E-state index contributed by atoms with van der Waals surface area (Å²) in [6.45, 7) is 7.10. The first-order valence-electron chi connectivity index (χ1n) is 6.52. The number of hydrogen-bond acceptors (Lipinski definition) is 4. The third-order valence-corrected chi connectivity index (χ3v) is 4.46. The summed E-state index contributed by atoms with van der Waals surface area (Å²) < 4.78 is 0. The van der Waals surface area contributed by atoms with Crippen LogP contribution >= 0.6 is 11.3 Å². The lowest BCUT2D eigenvalue weighted by Gasteiger charge is -2.27. The number of piperidine rings is 1. The van der Waals surface area contributed by atoms with Crippen molar-refractivity contribution in [3.05, 3.63) is 16.1 Å². The maximum atomic E-state index is 12.2. The Bertz CT molecular complexity index is 418. The zero-order valence-electron chi connectivity index (χ0n) is 11.2. The lowest BCUT2D eigenvalue weighted by Crippen LogP contribution is -2.42. The Hall–Kier alpha value is -0.940. The summed E-state index contributed by atoms with van der Waals surface area (Å²) in [5, 5.41) is 7.43. The summed E-state index contributed by atoms with van der Waals surface area (Å²) >= 11 is 1.65. The van der Waals surface area contributed by atoms with E-state index >= 15 is 0 Å². The predicted octanol–water partition coefficient (Wildman–Crippen LogP) is 2.02. The molecule has 1 aliphatic heterocycles. The van der Waals surface area contributed by atoms with Gasteiger partial charge >= 0.3 is 0 Å². The average Bonchev–Trinajstić information content (AvgIpc) is 2.76. The molecule has 5 heteroatoms. The monoisotopic (exact) mass is 267 g/mol. The molecule has 0 bridgehead atoms. The van der Waals surface area contributed by atoms with Gasteiger partial charge in [-0.1, -0.05) is 0 Å². The molecule has 0 saturated carbocycles. The van der Waals surface area contributed by atoms with E-state index in [-0.39, 0.29) is 17.9 Å². The second-order valence-electron chi connectivity index (χ2n) is 5.12. The number of aromatic nitrogens is 1. The van der Waals surface area contributed by atoms with E-state index in [4.69, 9.17) is 0 Å². The number of hydrogen-bond donors (Lipinski definition) is 2. The standard InChI is InChI=1S/C13H21N3OS/c1-8-6-11(4-5-14-8)12(17)16-10(3)13-15-7-9(2)18-13/h7-8,10-11,14H,4-6H2,1-3H3,(H,16,17). The topological polar surface area (TPSA) is 54.0 Å². The Morgan fingerprint density at radius 1 is 1.67 bits per heavy atom. The van der Waals surface area contributed by atoms with E-state index in [1.807, 2.05) is 20.0 Å². The maximum Gasteiger partial charge on any atom is 0.223 e. The van der Waals surface area contributed by atoms with Crippen LogP contribution in [0.4, 0.5) is 0 Å². The van der Waals surface area contributed by atoms with Gasteiger partial charge in [-0.15, -0.1) is 11.3 Å². The van der Waals surface area contributed by atoms with Gasteiger partial charge in [0.05, 0.1) is 6.04 Å². The summed E-state index contributed by atoms with van der Waals surface area (Å²) in [6.07, 6.45) is 3.71. The highest BCUT2D eigenvalue weighted by Crippen LogP contribution is 2.21. The molecule has 100 valence electrons. The van der Waals surface area contributed by atoms with E-state index in [1.165, 1.54) is 4.88 Å². The van der Waals surface area contributed by atoms with Crippen LogP contribution in [-0.4, -0.2) is 23.5 Å². The van der Waals surface area contributed by atoms with Gasteiger partial charge in [-0.25, -0.2) is 4.98 Å². The molecule has 18 heavy (non-hydrogen) atoms. The number of nitrogens with one attached hydrogen (secondary N) is 2. The quantitative estimate of drug-likeness (QED) is 0.881. The normalized spacial score (nSPS) is 25.7. The largest absolute Gasteiger partial charge is 0.347 e. The van der Waals surface area contributed by atoms with Crippen molar-refractivity contribution in [3.8, 4) is 0 Å². The van der Waals surface area contributed by atoms with Crippen LogP contribution in [-0.2, 0) is 4.79 Å². The molecule has 3 atom stereocenters. The van der Waals surface area contributed by atoms with Crippen molar-refractivity contribution in [2.24, 2.45) is 5.92 Å². The van der Waals surface area contributed by atoms with Crippen LogP contribution in [0.15, 0.2) is 6.20 Å². The van der Waals surface area contributed by atoms with Crippen LogP contribution in [0.1, 0.15) is 42.6 Å². The minimum absolute atomic E-state index is 0.0152. The number of rotatable bonds is 3. The number of carbonyl (C=O) groups is 1. The summed E-state index contributed by atoms with van der Waals surface area (Å²) in [5.41, 5.74) is 0. The fourth-order valence-corrected chi connectivity index (χ4v) is 3.11. The van der Waals surface area contributed by atoms with Crippen LogP contribution in [0.2, 0.25) is 0 Å². The van der Waals surface area contributed by atoms with Gasteiger partial charge in [-0.05, 0) is 40.2 Å². The summed E-state index contributed by atoms with van der Waals surface area (Å²) in [5.74, 6) is 0.313. The molecule has 2 rings (SSSR count). The zero-order valence-corrected chi connectivity index (χ0v) is 12.0. The fraction of sp³-hybridized carbons (Fsp3) is 0.692. The number of nitrogens with zero attached hydrogens (tertiary/aromatic N) is 1. The molecular weight excluding hydrogens is 246 g/mol. The summed E-state index contributed by atoms with van der Waals surface area (Å²) in [7, 11) is 0. The first kappa shape index (κ1) is 13.5. The molecule has 1 fully saturated rings. The number of carbonyl (C=O) groups excluding carboxylic acids is 1. The van der Waals surface area contributed by atoms with Gasteiger partial charge in [0.1, 0.15) is 5.01 Å². The molecule has 1 aliphatic rings. The third kappa shape index (κ3) is 3.29. The molecule has 1 aromatic heterocycles. The number of thiazole rings is 1. The van der Waals surface area contributed by atoms with Crippen LogP contribution < -0.4 is 10.6 Å². The average molecular weight is 267 g/mol. The maximum absolute atomic E-state index is 12.2. The Labute approximate surface area is 112 Å². The predicted molar refractivity (Wildman–Crippen MR) is 73.6 cm³/mol. The zero-order chi connectivity index (χ0) is 13.1. The molecule has 1 amide bonds. The van der Waals surface area contributed by atoms with Gasteiger partial charge in [-0.3, -0.25) is 4.79 Å². The molecule has 2 N–H and O–H groups in total. The highest BCUT2D eigenvalue weighted by molar-refractivity contribution is 7.11. The van der Waals surface area contributed by atoms with Crippen molar-refractivity contribution in [1.82, 2.24) is 15.6 Å². The molecule has 0 radical (unpaired) electrons. The Balaban J connectivity index is 1.90. The molecule has 0 aromatic carbocycles. The van der Waals surface area contributed by atoms with E-state index in [0.29, 0.717) is 6.04 Å². The Morgan fingerprint density at radius 2 is 2.44 bits per heavy atom. The van der Waals surface area contributed by atoms with Gasteiger partial charge in [0.25, 0.3) is 0 Å². The van der Waals surface area contributed by atoms with Crippen molar-refractivity contribution in [2.45, 2.75) is 45.7 Å². The van der Waals surface area contributed by atoms with E-state index in [1.54, 1.807) is 11.3 Å². The second kappa shape index (κ2) is 5.80. The van der Waals surface area contributed by atoms with Crippen molar-refractivity contribution >= 4 is 17.2 Å². The van der Waals surface area contributed by atoms with Crippen LogP contribution in [0.3, 0.4) is 0 Å². The van der Waals surface area contributed by atoms with E-state index in [9.17, 15) is 4.79 Å². The molecule has 4 nitrogen and oxygen atoms in total.